The van der Waals surface area contributed by atoms with E-state index in [2.05, 4.69) is 28.6 Å². The van der Waals surface area contributed by atoms with Gasteiger partial charge in [-0.15, -0.1) is 0 Å². The zero-order valence-electron chi connectivity index (χ0n) is 17.4. The summed E-state index contributed by atoms with van der Waals surface area (Å²) in [5, 5.41) is 25.9. The molecule has 0 heterocycles. The maximum absolute atomic E-state index is 12.7. The average Bonchev–Trinajstić information content (AvgIpc) is 2.69. The van der Waals surface area contributed by atoms with Gasteiger partial charge in [0.2, 0.25) is 23.6 Å². The maximum atomic E-state index is 12.7. The second-order valence-corrected chi connectivity index (χ2v) is 8.11. The fraction of sp³-hybridized carbons (Fsp3) is 0.706. The van der Waals surface area contributed by atoms with E-state index in [0.29, 0.717) is 5.75 Å². The first-order valence-corrected chi connectivity index (χ1v) is 11.4. The van der Waals surface area contributed by atoms with Crippen LogP contribution in [0, 0.1) is 0 Å². The summed E-state index contributed by atoms with van der Waals surface area (Å²) in [6, 6.07) is -4.93. The van der Waals surface area contributed by atoms with E-state index in [1.807, 2.05) is 0 Å². The Bertz CT molecular complexity index is 650. The largest absolute Gasteiger partial charge is 0.480 e. The number of nitrogens with two attached hydrogens (primary N) is 2. The molecule has 0 fully saturated rings. The minimum Gasteiger partial charge on any atom is -0.480 e. The van der Waals surface area contributed by atoms with Crippen LogP contribution in [0.1, 0.15) is 26.2 Å². The van der Waals surface area contributed by atoms with Crippen LogP contribution in [0.5, 0.6) is 0 Å². The van der Waals surface area contributed by atoms with E-state index in [1.165, 1.54) is 18.7 Å². The summed E-state index contributed by atoms with van der Waals surface area (Å²) in [5.74, 6) is -4.01. The molecule has 0 saturated carbocycles. The minimum absolute atomic E-state index is 0.00293. The van der Waals surface area contributed by atoms with Gasteiger partial charge in [-0.1, -0.05) is 0 Å². The first-order chi connectivity index (χ1) is 14.4. The molecule has 0 saturated heterocycles. The van der Waals surface area contributed by atoms with Crippen LogP contribution in [-0.4, -0.2) is 87.8 Å². The van der Waals surface area contributed by atoms with E-state index in [0.717, 1.165) is 0 Å². The molecule has 5 unspecified atom stereocenters. The van der Waals surface area contributed by atoms with Gasteiger partial charge in [-0.05, 0) is 31.8 Å². The van der Waals surface area contributed by atoms with Gasteiger partial charge in [0.05, 0.1) is 12.1 Å². The number of amides is 4. The van der Waals surface area contributed by atoms with E-state index >= 15 is 0 Å². The number of aliphatic hydroxyl groups is 1. The number of hydrogen-bond donors (Lipinski definition) is 8. The number of carbonyl (C=O) groups excluding carboxylic acids is 4. The molecule has 4 amide bonds. The highest BCUT2D eigenvalue weighted by Gasteiger charge is 2.32. The molecule has 0 radical (unpaired) electrons. The van der Waals surface area contributed by atoms with Crippen LogP contribution in [0.3, 0.4) is 0 Å². The Morgan fingerprint density at radius 3 is 2.03 bits per heavy atom. The molecule has 0 aliphatic heterocycles. The first kappa shape index (κ1) is 29.0. The van der Waals surface area contributed by atoms with E-state index in [1.54, 1.807) is 6.26 Å². The summed E-state index contributed by atoms with van der Waals surface area (Å²) in [6.45, 7) is 1.25. The molecule has 31 heavy (non-hydrogen) atoms. The van der Waals surface area contributed by atoms with E-state index < -0.39 is 59.9 Å². The molecule has 0 aliphatic carbocycles. The summed E-state index contributed by atoms with van der Waals surface area (Å²) in [6.07, 6.45) is 0.537. The molecule has 0 aliphatic rings. The number of carboxylic acid groups (broad SMARTS) is 1. The highest BCUT2D eigenvalue weighted by Crippen LogP contribution is 2.05. The SMILES string of the molecule is CSCCC(NC(=O)C(N)CCC(N)=O)C(=O)NC(C(=O)NC(CS)C(=O)O)C(C)O. The molecule has 0 spiro atoms. The monoisotopic (exact) mass is 481 g/mol. The fourth-order valence-electron chi connectivity index (χ4n) is 2.32. The summed E-state index contributed by atoms with van der Waals surface area (Å²) in [7, 11) is 0. The smallest absolute Gasteiger partial charge is 0.327 e. The number of nitrogens with one attached hydrogen (secondary N) is 3. The standard InChI is InChI=1S/C17H31N5O7S2/c1-8(23)13(16(27)21-11(7-30)17(28)29)22-15(26)10(5-6-31-2)20-14(25)9(18)3-4-12(19)24/h8-11,13,23,30H,3-7,18H2,1-2H3,(H2,19,24)(H,20,25)(H,21,27)(H,22,26)(H,28,29). The molecular weight excluding hydrogens is 450 g/mol. The highest BCUT2D eigenvalue weighted by atomic mass is 32.2. The number of rotatable bonds is 15. The molecule has 0 aromatic carbocycles. The van der Waals surface area contributed by atoms with Gasteiger partial charge in [0.15, 0.2) is 0 Å². The number of primary amides is 1. The predicted molar refractivity (Wildman–Crippen MR) is 118 cm³/mol. The molecule has 178 valence electrons. The third kappa shape index (κ3) is 11.2. The van der Waals surface area contributed by atoms with Crippen molar-refractivity contribution in [2.24, 2.45) is 11.5 Å². The Morgan fingerprint density at radius 1 is 1.00 bits per heavy atom. The van der Waals surface area contributed by atoms with E-state index in [4.69, 9.17) is 16.6 Å². The molecule has 14 heteroatoms. The Hall–Kier alpha value is -2.03. The van der Waals surface area contributed by atoms with Crippen molar-refractivity contribution in [3.05, 3.63) is 0 Å². The van der Waals surface area contributed by atoms with Crippen LogP contribution < -0.4 is 27.4 Å². The quantitative estimate of drug-likeness (QED) is 0.113. The van der Waals surface area contributed by atoms with E-state index in [9.17, 15) is 29.1 Å². The van der Waals surface area contributed by atoms with Gasteiger partial charge in [0.25, 0.3) is 0 Å². The van der Waals surface area contributed by atoms with Gasteiger partial charge in [-0.2, -0.15) is 24.4 Å². The van der Waals surface area contributed by atoms with Crippen LogP contribution in [0.15, 0.2) is 0 Å². The number of aliphatic hydroxyl groups excluding tert-OH is 1. The maximum Gasteiger partial charge on any atom is 0.327 e. The van der Waals surface area contributed by atoms with Crippen molar-refractivity contribution in [1.82, 2.24) is 16.0 Å². The van der Waals surface area contributed by atoms with Crippen molar-refractivity contribution in [1.29, 1.82) is 0 Å². The molecule has 0 bridgehead atoms. The van der Waals surface area contributed by atoms with Gasteiger partial charge in [-0.25, -0.2) is 4.79 Å². The third-order valence-electron chi connectivity index (χ3n) is 4.14. The zero-order valence-corrected chi connectivity index (χ0v) is 19.1. The molecule has 9 N–H and O–H groups in total. The second kappa shape index (κ2) is 14.9. The van der Waals surface area contributed by atoms with Crippen molar-refractivity contribution in [2.45, 2.75) is 56.5 Å². The van der Waals surface area contributed by atoms with Crippen molar-refractivity contribution in [3.63, 3.8) is 0 Å². The predicted octanol–water partition coefficient (Wildman–Crippen LogP) is -2.82. The minimum atomic E-state index is -1.47. The van der Waals surface area contributed by atoms with Crippen molar-refractivity contribution in [3.8, 4) is 0 Å². The molecule has 5 atom stereocenters. The van der Waals surface area contributed by atoms with Crippen LogP contribution in [0.2, 0.25) is 0 Å². The average molecular weight is 482 g/mol. The van der Waals surface area contributed by atoms with Crippen LogP contribution in [0.4, 0.5) is 0 Å². The first-order valence-electron chi connectivity index (χ1n) is 9.40. The van der Waals surface area contributed by atoms with Crippen LogP contribution in [0.25, 0.3) is 0 Å². The molecule has 0 aromatic heterocycles. The van der Waals surface area contributed by atoms with Gasteiger partial charge >= 0.3 is 5.97 Å². The fourth-order valence-corrected chi connectivity index (χ4v) is 3.04. The number of aliphatic carboxylic acids is 1. The molecule has 12 nitrogen and oxygen atoms in total. The molecule has 0 rings (SSSR count). The number of hydrogen-bond acceptors (Lipinski definition) is 9. The molecule has 0 aromatic rings. The normalized spacial score (nSPS) is 15.6. The highest BCUT2D eigenvalue weighted by molar-refractivity contribution is 7.98. The number of thiol groups is 1. The van der Waals surface area contributed by atoms with Crippen molar-refractivity contribution >= 4 is 54.0 Å². The zero-order chi connectivity index (χ0) is 24.1. The lowest BCUT2D eigenvalue weighted by atomic mass is 10.1. The summed E-state index contributed by atoms with van der Waals surface area (Å²) >= 11 is 5.26. The topological polar surface area (TPSA) is 214 Å². The second-order valence-electron chi connectivity index (χ2n) is 6.76. The van der Waals surface area contributed by atoms with Gasteiger partial charge in [0, 0.05) is 12.2 Å². The summed E-state index contributed by atoms with van der Waals surface area (Å²) < 4.78 is 0. The van der Waals surface area contributed by atoms with Gasteiger partial charge in [0.1, 0.15) is 18.1 Å². The lowest BCUT2D eigenvalue weighted by Crippen LogP contribution is -2.60. The Morgan fingerprint density at radius 2 is 1.58 bits per heavy atom. The number of thioether (sulfide) groups is 1. The van der Waals surface area contributed by atoms with Crippen LogP contribution >= 0.6 is 24.4 Å². The number of carbonyl (C=O) groups is 5. The van der Waals surface area contributed by atoms with Crippen molar-refractivity contribution in [2.75, 3.05) is 17.8 Å². The Balaban J connectivity index is 5.26. The third-order valence-corrected chi connectivity index (χ3v) is 5.15. The number of carboxylic acids is 1. The van der Waals surface area contributed by atoms with Crippen molar-refractivity contribution < 1.29 is 34.2 Å². The molecular formula is C17H31N5O7S2. The summed E-state index contributed by atoms with van der Waals surface area (Å²) in [5.41, 5.74) is 10.7. The Kier molecular flexibility index (Phi) is 13.9. The lowest BCUT2D eigenvalue weighted by Gasteiger charge is -2.26. The lowest BCUT2D eigenvalue weighted by molar-refractivity contribution is -0.142. The summed E-state index contributed by atoms with van der Waals surface area (Å²) in [4.78, 5) is 59.3. The van der Waals surface area contributed by atoms with Crippen LogP contribution in [-0.2, 0) is 24.0 Å². The van der Waals surface area contributed by atoms with Gasteiger partial charge in [-0.3, -0.25) is 19.2 Å². The van der Waals surface area contributed by atoms with E-state index in [-0.39, 0.29) is 25.0 Å². The Labute approximate surface area is 190 Å². The van der Waals surface area contributed by atoms with Gasteiger partial charge < -0.3 is 37.6 Å².